The Bertz CT molecular complexity index is 1400. The summed E-state index contributed by atoms with van der Waals surface area (Å²) in [6.45, 7) is 0.517. The van der Waals surface area contributed by atoms with E-state index in [1.54, 1.807) is 6.21 Å². The lowest BCUT2D eigenvalue weighted by Crippen LogP contribution is -2.25. The van der Waals surface area contributed by atoms with E-state index < -0.39 is 0 Å². The molecule has 1 aliphatic carbocycles. The Hall–Kier alpha value is -2.27. The molecular weight excluding hydrogens is 664 g/mol. The van der Waals surface area contributed by atoms with Gasteiger partial charge in [-0.2, -0.15) is 9.78 Å². The van der Waals surface area contributed by atoms with Gasteiger partial charge in [0.2, 0.25) is 0 Å². The van der Waals surface area contributed by atoms with Gasteiger partial charge in [-0.05, 0) is 93.4 Å². The number of hydrogen-bond acceptors (Lipinski definition) is 4. The summed E-state index contributed by atoms with van der Waals surface area (Å²) >= 11 is 4.59. The summed E-state index contributed by atoms with van der Waals surface area (Å²) in [6.07, 6.45) is 7.42. The van der Waals surface area contributed by atoms with Crippen molar-refractivity contribution in [3.8, 4) is 5.75 Å². The molecule has 0 saturated heterocycles. The summed E-state index contributed by atoms with van der Waals surface area (Å²) in [4.78, 5) is 18.3. The molecule has 3 aromatic carbocycles. The minimum atomic E-state index is -0.111. The largest absolute Gasteiger partial charge is 0.487 e. The molecule has 1 saturated carbocycles. The first-order valence-electron chi connectivity index (χ1n) is 11.8. The van der Waals surface area contributed by atoms with Gasteiger partial charge >= 0.3 is 0 Å². The second-order valence-electron chi connectivity index (χ2n) is 8.77. The molecule has 0 N–H and O–H groups in total. The Kier molecular flexibility index (Phi) is 7.81. The summed E-state index contributed by atoms with van der Waals surface area (Å²) in [6, 6.07) is 21.7. The van der Waals surface area contributed by atoms with E-state index in [4.69, 9.17) is 9.72 Å². The maximum atomic E-state index is 13.4. The molecular formula is C28H25I2N3O2. The smallest absolute Gasteiger partial charge is 0.282 e. The third-order valence-corrected chi connectivity index (χ3v) is 7.92. The normalized spacial score (nSPS) is 14.6. The van der Waals surface area contributed by atoms with E-state index in [0.29, 0.717) is 12.0 Å². The molecule has 178 valence electrons. The van der Waals surface area contributed by atoms with Crippen LogP contribution in [0.25, 0.3) is 10.9 Å². The van der Waals surface area contributed by atoms with Gasteiger partial charge in [0.1, 0.15) is 18.2 Å². The van der Waals surface area contributed by atoms with Crippen LogP contribution in [0.3, 0.4) is 0 Å². The molecule has 0 amide bonds. The van der Waals surface area contributed by atoms with Crippen molar-refractivity contribution in [2.24, 2.45) is 5.10 Å². The van der Waals surface area contributed by atoms with E-state index in [-0.39, 0.29) is 11.5 Å². The number of ether oxygens (including phenoxy) is 1. The Morgan fingerprint density at radius 1 is 0.971 bits per heavy atom. The molecule has 0 atom stereocenters. The number of benzene rings is 3. The first kappa shape index (κ1) is 24.4. The number of rotatable bonds is 6. The summed E-state index contributed by atoms with van der Waals surface area (Å²) in [5, 5.41) is 5.27. The van der Waals surface area contributed by atoms with Gasteiger partial charge in [-0.3, -0.25) is 4.79 Å². The Balaban J connectivity index is 1.47. The van der Waals surface area contributed by atoms with Crippen LogP contribution < -0.4 is 10.3 Å². The molecule has 1 aliphatic rings. The van der Waals surface area contributed by atoms with Gasteiger partial charge in [0.25, 0.3) is 5.56 Å². The molecule has 0 spiro atoms. The molecule has 5 nitrogen and oxygen atoms in total. The number of hydrogen-bond donors (Lipinski definition) is 0. The van der Waals surface area contributed by atoms with Gasteiger partial charge in [0.15, 0.2) is 0 Å². The average Bonchev–Trinajstić information content (AvgIpc) is 2.89. The molecule has 0 bridgehead atoms. The quantitative estimate of drug-likeness (QED) is 0.160. The highest BCUT2D eigenvalue weighted by atomic mass is 127. The van der Waals surface area contributed by atoms with Crippen LogP contribution in [-0.4, -0.2) is 15.9 Å². The van der Waals surface area contributed by atoms with Gasteiger partial charge < -0.3 is 4.74 Å². The lowest BCUT2D eigenvalue weighted by atomic mass is 9.88. The molecule has 1 aromatic heterocycles. The van der Waals surface area contributed by atoms with Crippen LogP contribution in [0.1, 0.15) is 55.0 Å². The van der Waals surface area contributed by atoms with Crippen molar-refractivity contribution in [3.63, 3.8) is 0 Å². The lowest BCUT2D eigenvalue weighted by molar-refractivity contribution is 0.302. The second-order valence-corrected chi connectivity index (χ2v) is 11.1. The maximum Gasteiger partial charge on any atom is 0.282 e. The highest BCUT2D eigenvalue weighted by Crippen LogP contribution is 2.32. The van der Waals surface area contributed by atoms with E-state index in [1.807, 2.05) is 54.6 Å². The molecule has 7 heteroatoms. The zero-order chi connectivity index (χ0) is 24.2. The predicted octanol–water partition coefficient (Wildman–Crippen LogP) is 7.11. The van der Waals surface area contributed by atoms with Crippen molar-refractivity contribution in [1.29, 1.82) is 0 Å². The Morgan fingerprint density at radius 3 is 2.40 bits per heavy atom. The summed E-state index contributed by atoms with van der Waals surface area (Å²) in [7, 11) is 0. The van der Waals surface area contributed by atoms with E-state index in [2.05, 4.69) is 62.4 Å². The minimum absolute atomic E-state index is 0.111. The van der Waals surface area contributed by atoms with Crippen molar-refractivity contribution in [3.05, 3.63) is 101 Å². The van der Waals surface area contributed by atoms with E-state index in [0.717, 1.165) is 61.0 Å². The predicted molar refractivity (Wildman–Crippen MR) is 157 cm³/mol. The van der Waals surface area contributed by atoms with Crippen molar-refractivity contribution in [1.82, 2.24) is 9.66 Å². The van der Waals surface area contributed by atoms with E-state index in [1.165, 1.54) is 11.1 Å². The van der Waals surface area contributed by atoms with Crippen molar-refractivity contribution in [2.45, 2.75) is 44.6 Å². The summed E-state index contributed by atoms with van der Waals surface area (Å²) < 4.78 is 9.64. The van der Waals surface area contributed by atoms with Crippen molar-refractivity contribution in [2.75, 3.05) is 0 Å². The van der Waals surface area contributed by atoms with Crippen LogP contribution in [0.2, 0.25) is 0 Å². The van der Waals surface area contributed by atoms with Crippen LogP contribution >= 0.6 is 45.2 Å². The molecule has 0 unspecified atom stereocenters. The Morgan fingerprint density at radius 2 is 1.66 bits per heavy atom. The van der Waals surface area contributed by atoms with E-state index >= 15 is 0 Å². The molecule has 1 fully saturated rings. The van der Waals surface area contributed by atoms with Crippen LogP contribution in [0.4, 0.5) is 0 Å². The van der Waals surface area contributed by atoms with E-state index in [9.17, 15) is 4.79 Å². The number of halogens is 2. The first-order chi connectivity index (χ1) is 17.1. The molecule has 0 aliphatic heterocycles. The molecule has 0 radical (unpaired) electrons. The van der Waals surface area contributed by atoms with Gasteiger partial charge in [-0.1, -0.05) is 61.7 Å². The van der Waals surface area contributed by atoms with Gasteiger partial charge in [-0.15, -0.1) is 0 Å². The van der Waals surface area contributed by atoms with Crippen molar-refractivity contribution < 1.29 is 4.74 Å². The number of aromatic nitrogens is 2. The zero-order valence-corrected chi connectivity index (χ0v) is 23.5. The van der Waals surface area contributed by atoms with Gasteiger partial charge in [0, 0.05) is 5.92 Å². The molecule has 1 heterocycles. The van der Waals surface area contributed by atoms with Gasteiger partial charge in [-0.25, -0.2) is 4.98 Å². The third-order valence-electron chi connectivity index (χ3n) is 6.32. The van der Waals surface area contributed by atoms with Crippen LogP contribution in [0.15, 0.2) is 76.6 Å². The number of nitrogens with zero attached hydrogens (tertiary/aromatic N) is 3. The number of para-hydroxylation sites is 1. The van der Waals surface area contributed by atoms with Crippen LogP contribution in [0.5, 0.6) is 5.75 Å². The standard InChI is InChI=1S/C28H25I2N3O2/c29-23-15-20(16-24(30)26(23)35-18-19-9-3-1-4-10-19)17-31-33-27(21-11-5-2-6-12-21)32-25-14-8-7-13-22(25)28(33)34/h1,3-4,7-10,13-17,21H,2,5-6,11-12,18H2. The summed E-state index contributed by atoms with van der Waals surface area (Å²) in [5.74, 6) is 1.89. The molecule has 5 rings (SSSR count). The first-order valence-corrected chi connectivity index (χ1v) is 14.0. The fourth-order valence-electron chi connectivity index (χ4n) is 4.52. The average molecular weight is 689 g/mol. The highest BCUT2D eigenvalue weighted by Gasteiger charge is 2.22. The summed E-state index contributed by atoms with van der Waals surface area (Å²) in [5.41, 5.74) is 2.68. The fourth-order valence-corrected chi connectivity index (χ4v) is 6.65. The Labute approximate surface area is 231 Å². The zero-order valence-electron chi connectivity index (χ0n) is 19.2. The monoisotopic (exact) mass is 689 g/mol. The van der Waals surface area contributed by atoms with Crippen LogP contribution in [-0.2, 0) is 6.61 Å². The van der Waals surface area contributed by atoms with Crippen molar-refractivity contribution >= 4 is 62.3 Å². The van der Waals surface area contributed by atoms with Gasteiger partial charge in [0.05, 0.1) is 24.3 Å². The highest BCUT2D eigenvalue weighted by molar-refractivity contribution is 14.1. The fraction of sp³-hybridized carbons (Fsp3) is 0.250. The SMILES string of the molecule is O=c1c2ccccc2nc(C2CCCCC2)n1N=Cc1cc(I)c(OCc2ccccc2)c(I)c1. The molecule has 4 aromatic rings. The topological polar surface area (TPSA) is 56.5 Å². The lowest BCUT2D eigenvalue weighted by Gasteiger charge is -2.22. The maximum absolute atomic E-state index is 13.4. The third kappa shape index (κ3) is 5.61. The number of fused-ring (bicyclic) bond motifs is 1. The second kappa shape index (κ2) is 11.2. The van der Waals surface area contributed by atoms with Crippen LogP contribution in [0, 0.1) is 7.14 Å². The minimum Gasteiger partial charge on any atom is -0.487 e. The molecule has 35 heavy (non-hydrogen) atoms.